The fourth-order valence-electron chi connectivity index (χ4n) is 2.34. The van der Waals surface area contributed by atoms with E-state index >= 15 is 0 Å². The second-order valence-corrected chi connectivity index (χ2v) is 4.94. The highest BCUT2D eigenvalue weighted by atomic mass is 16.5. The first kappa shape index (κ1) is 15.2. The maximum atomic E-state index is 5.50. The maximum absolute atomic E-state index is 5.50. The molecule has 1 fully saturated rings. The molecule has 0 aromatic heterocycles. The minimum absolute atomic E-state index is 0.500. The van der Waals surface area contributed by atoms with Crippen molar-refractivity contribution in [3.63, 3.8) is 0 Å². The Hall–Kier alpha value is -0.810. The van der Waals surface area contributed by atoms with Crippen LogP contribution < -0.4 is 16.6 Å². The molecular formula is C13H28N4O. The zero-order valence-electron chi connectivity index (χ0n) is 11.7. The number of guanidine groups is 1. The zero-order valence-corrected chi connectivity index (χ0v) is 11.7. The van der Waals surface area contributed by atoms with Gasteiger partial charge in [0, 0.05) is 25.8 Å². The second-order valence-electron chi connectivity index (χ2n) is 4.94. The lowest BCUT2D eigenvalue weighted by Crippen LogP contribution is -2.49. The van der Waals surface area contributed by atoms with Crippen molar-refractivity contribution in [3.8, 4) is 0 Å². The molecule has 0 spiro atoms. The smallest absolute Gasteiger partial charge is 0.205 e. The van der Waals surface area contributed by atoms with Crippen LogP contribution in [0.3, 0.4) is 0 Å². The Kier molecular flexibility index (Phi) is 7.76. The minimum Gasteiger partial charge on any atom is -0.382 e. The largest absolute Gasteiger partial charge is 0.382 e. The summed E-state index contributed by atoms with van der Waals surface area (Å²) in [5, 5.41) is 3.42. The Labute approximate surface area is 111 Å². The highest BCUT2D eigenvalue weighted by Crippen LogP contribution is 2.23. The first-order valence-electron chi connectivity index (χ1n) is 7.13. The number of hydrazine groups is 1. The molecule has 0 saturated heterocycles. The van der Waals surface area contributed by atoms with E-state index in [1.807, 2.05) is 6.92 Å². The monoisotopic (exact) mass is 256 g/mol. The van der Waals surface area contributed by atoms with E-state index in [9.17, 15) is 0 Å². The topological polar surface area (TPSA) is 71.7 Å². The Morgan fingerprint density at radius 3 is 2.83 bits per heavy atom. The number of rotatable bonds is 6. The van der Waals surface area contributed by atoms with Crippen LogP contribution in [0.5, 0.6) is 0 Å². The van der Waals surface area contributed by atoms with Crippen molar-refractivity contribution in [2.45, 2.75) is 52.0 Å². The third kappa shape index (κ3) is 5.69. The summed E-state index contributed by atoms with van der Waals surface area (Å²) in [6, 6.07) is 0.500. The molecule has 1 aliphatic rings. The number of nitrogens with zero attached hydrogens (tertiary/aromatic N) is 1. The van der Waals surface area contributed by atoms with Crippen LogP contribution in [-0.4, -0.2) is 31.8 Å². The van der Waals surface area contributed by atoms with Gasteiger partial charge in [-0.05, 0) is 32.1 Å². The molecule has 18 heavy (non-hydrogen) atoms. The van der Waals surface area contributed by atoms with Gasteiger partial charge in [0.2, 0.25) is 5.96 Å². The summed E-state index contributed by atoms with van der Waals surface area (Å²) < 4.78 is 5.27. The lowest BCUT2D eigenvalue weighted by molar-refractivity contribution is 0.146. The van der Waals surface area contributed by atoms with Crippen LogP contribution in [0.15, 0.2) is 4.99 Å². The SMILES string of the molecule is CCOCCCN=C(NN)NC1CCCCC1C. The summed E-state index contributed by atoms with van der Waals surface area (Å²) in [5.74, 6) is 6.91. The van der Waals surface area contributed by atoms with E-state index in [0.29, 0.717) is 17.9 Å². The van der Waals surface area contributed by atoms with Crippen LogP contribution in [0.25, 0.3) is 0 Å². The average molecular weight is 256 g/mol. The van der Waals surface area contributed by atoms with E-state index in [-0.39, 0.29) is 0 Å². The number of hydrogen-bond acceptors (Lipinski definition) is 3. The fourth-order valence-corrected chi connectivity index (χ4v) is 2.34. The van der Waals surface area contributed by atoms with Gasteiger partial charge in [0.05, 0.1) is 0 Å². The van der Waals surface area contributed by atoms with Crippen LogP contribution in [0.2, 0.25) is 0 Å². The molecule has 0 aromatic carbocycles. The van der Waals surface area contributed by atoms with Crippen LogP contribution in [-0.2, 0) is 4.74 Å². The summed E-state index contributed by atoms with van der Waals surface area (Å²) in [6.07, 6.45) is 6.07. The van der Waals surface area contributed by atoms with Gasteiger partial charge >= 0.3 is 0 Å². The van der Waals surface area contributed by atoms with Gasteiger partial charge in [-0.2, -0.15) is 0 Å². The quantitative estimate of drug-likeness (QED) is 0.221. The van der Waals surface area contributed by atoms with Gasteiger partial charge in [0.15, 0.2) is 0 Å². The molecule has 1 rings (SSSR count). The molecule has 2 atom stereocenters. The molecule has 5 nitrogen and oxygen atoms in total. The van der Waals surface area contributed by atoms with E-state index in [1.165, 1.54) is 25.7 Å². The number of nitrogens with one attached hydrogen (secondary N) is 2. The predicted octanol–water partition coefficient (Wildman–Crippen LogP) is 1.40. The van der Waals surface area contributed by atoms with Gasteiger partial charge in [-0.1, -0.05) is 19.8 Å². The maximum Gasteiger partial charge on any atom is 0.205 e. The summed E-state index contributed by atoms with van der Waals surface area (Å²) in [4.78, 5) is 4.43. The lowest BCUT2D eigenvalue weighted by Gasteiger charge is -2.30. The molecule has 106 valence electrons. The van der Waals surface area contributed by atoms with E-state index in [1.54, 1.807) is 0 Å². The van der Waals surface area contributed by atoms with Gasteiger partial charge in [-0.3, -0.25) is 10.4 Å². The fraction of sp³-hybridized carbons (Fsp3) is 0.923. The number of aliphatic imine (C=N–C) groups is 1. The molecule has 0 bridgehead atoms. The first-order chi connectivity index (χ1) is 8.77. The van der Waals surface area contributed by atoms with Crippen LogP contribution in [0.4, 0.5) is 0 Å². The molecular weight excluding hydrogens is 228 g/mol. The van der Waals surface area contributed by atoms with Crippen molar-refractivity contribution in [1.29, 1.82) is 0 Å². The van der Waals surface area contributed by atoms with Crippen LogP contribution >= 0.6 is 0 Å². The summed E-state index contributed by atoms with van der Waals surface area (Å²) in [5.41, 5.74) is 2.66. The van der Waals surface area contributed by atoms with Gasteiger partial charge in [-0.25, -0.2) is 5.84 Å². The molecule has 0 amide bonds. The van der Waals surface area contributed by atoms with Crippen molar-refractivity contribution in [2.75, 3.05) is 19.8 Å². The molecule has 0 aromatic rings. The Morgan fingerprint density at radius 1 is 1.39 bits per heavy atom. The third-order valence-corrected chi connectivity index (χ3v) is 3.49. The molecule has 4 N–H and O–H groups in total. The number of ether oxygens (including phenoxy) is 1. The highest BCUT2D eigenvalue weighted by Gasteiger charge is 2.21. The minimum atomic E-state index is 0.500. The first-order valence-corrected chi connectivity index (χ1v) is 7.13. The molecule has 1 saturated carbocycles. The standard InChI is InChI=1S/C13H28N4O/c1-3-18-10-6-9-15-13(17-14)16-12-8-5-4-7-11(12)2/h11-12H,3-10,14H2,1-2H3,(H2,15,16,17). The van der Waals surface area contributed by atoms with Gasteiger partial charge in [0.25, 0.3) is 0 Å². The van der Waals surface area contributed by atoms with Gasteiger partial charge in [0.1, 0.15) is 0 Å². The number of hydrogen-bond donors (Lipinski definition) is 3. The van der Waals surface area contributed by atoms with Crippen molar-refractivity contribution >= 4 is 5.96 Å². The van der Waals surface area contributed by atoms with Crippen molar-refractivity contribution in [1.82, 2.24) is 10.7 Å². The van der Waals surface area contributed by atoms with E-state index < -0.39 is 0 Å². The van der Waals surface area contributed by atoms with Gasteiger partial charge < -0.3 is 10.1 Å². The summed E-state index contributed by atoms with van der Waals surface area (Å²) >= 11 is 0. The summed E-state index contributed by atoms with van der Waals surface area (Å²) in [6.45, 7) is 6.57. The van der Waals surface area contributed by atoms with E-state index in [4.69, 9.17) is 10.6 Å². The number of nitrogens with two attached hydrogens (primary N) is 1. The van der Waals surface area contributed by atoms with Crippen molar-refractivity contribution in [3.05, 3.63) is 0 Å². The van der Waals surface area contributed by atoms with Crippen molar-refractivity contribution in [2.24, 2.45) is 16.8 Å². The Balaban J connectivity index is 2.28. The predicted molar refractivity (Wildman–Crippen MR) is 75.3 cm³/mol. The molecule has 0 heterocycles. The molecule has 0 aliphatic heterocycles. The summed E-state index contributed by atoms with van der Waals surface area (Å²) in [7, 11) is 0. The van der Waals surface area contributed by atoms with Crippen LogP contribution in [0.1, 0.15) is 46.0 Å². The van der Waals surface area contributed by atoms with Gasteiger partial charge in [-0.15, -0.1) is 0 Å². The average Bonchev–Trinajstić information content (AvgIpc) is 2.39. The highest BCUT2D eigenvalue weighted by molar-refractivity contribution is 5.79. The normalized spacial score (nSPS) is 24.9. The second kappa shape index (κ2) is 9.16. The molecule has 1 aliphatic carbocycles. The van der Waals surface area contributed by atoms with Crippen LogP contribution in [0, 0.1) is 5.92 Å². The Morgan fingerprint density at radius 2 is 2.17 bits per heavy atom. The van der Waals surface area contributed by atoms with E-state index in [2.05, 4.69) is 22.7 Å². The lowest BCUT2D eigenvalue weighted by atomic mass is 9.86. The van der Waals surface area contributed by atoms with E-state index in [0.717, 1.165) is 26.2 Å². The molecule has 0 radical (unpaired) electrons. The zero-order chi connectivity index (χ0) is 13.2. The third-order valence-electron chi connectivity index (χ3n) is 3.49. The van der Waals surface area contributed by atoms with Crippen molar-refractivity contribution < 1.29 is 4.74 Å². The molecule has 2 unspecified atom stereocenters. The Bertz CT molecular complexity index is 245. The molecule has 5 heteroatoms.